The molecule has 8 rings (SSSR count). The third kappa shape index (κ3) is 4.23. The number of thiophene rings is 1. The SMILES string of the molecule is c1ccc(-c2ccc(N(c3ccc(-c4cccc5ccccc45)cc3)c3ccnc4c3sc3ccccc34)cc2)cc1. The molecule has 0 N–H and O–H groups in total. The standard InChI is InChI=1S/C39H26N2S/c1-2-9-27(10-3-1)28-17-21-31(22-18-28)41(36-25-26-40-38-35-14-6-7-16-37(35)42-39(36)38)32-23-19-30(20-24-32)34-15-8-12-29-11-4-5-13-33(29)34/h1-26H. The quantitative estimate of drug-likeness (QED) is 0.210. The summed E-state index contributed by atoms with van der Waals surface area (Å²) in [5, 5.41) is 3.72. The molecule has 2 nitrogen and oxygen atoms in total. The van der Waals surface area contributed by atoms with Gasteiger partial charge >= 0.3 is 0 Å². The van der Waals surface area contributed by atoms with Gasteiger partial charge in [-0.15, -0.1) is 11.3 Å². The molecule has 0 aliphatic heterocycles. The summed E-state index contributed by atoms with van der Waals surface area (Å²) < 4.78 is 2.43. The van der Waals surface area contributed by atoms with Crippen molar-refractivity contribution in [2.75, 3.05) is 4.90 Å². The second kappa shape index (κ2) is 10.3. The topological polar surface area (TPSA) is 16.1 Å². The molecule has 0 saturated heterocycles. The summed E-state index contributed by atoms with van der Waals surface area (Å²) >= 11 is 1.80. The molecule has 0 radical (unpaired) electrons. The van der Waals surface area contributed by atoms with Gasteiger partial charge in [0.2, 0.25) is 0 Å². The van der Waals surface area contributed by atoms with Gasteiger partial charge in [0.05, 0.1) is 15.9 Å². The number of aromatic nitrogens is 1. The lowest BCUT2D eigenvalue weighted by Crippen LogP contribution is -2.10. The Kier molecular flexibility index (Phi) is 6.02. The first-order valence-electron chi connectivity index (χ1n) is 14.1. The molecular weight excluding hydrogens is 529 g/mol. The second-order valence-corrected chi connectivity index (χ2v) is 11.5. The zero-order valence-corrected chi connectivity index (χ0v) is 23.6. The molecule has 0 saturated carbocycles. The smallest absolute Gasteiger partial charge is 0.0909 e. The van der Waals surface area contributed by atoms with Crippen molar-refractivity contribution in [3.63, 3.8) is 0 Å². The molecule has 3 heteroatoms. The van der Waals surface area contributed by atoms with E-state index in [1.54, 1.807) is 11.3 Å². The van der Waals surface area contributed by atoms with Crippen LogP contribution in [-0.4, -0.2) is 4.98 Å². The molecule has 0 fully saturated rings. The van der Waals surface area contributed by atoms with Crippen molar-refractivity contribution < 1.29 is 0 Å². The first kappa shape index (κ1) is 24.5. The van der Waals surface area contributed by atoms with Gasteiger partial charge < -0.3 is 4.90 Å². The molecule has 0 amide bonds. The Morgan fingerprint density at radius 1 is 0.476 bits per heavy atom. The molecule has 2 heterocycles. The monoisotopic (exact) mass is 554 g/mol. The van der Waals surface area contributed by atoms with Crippen LogP contribution >= 0.6 is 11.3 Å². The zero-order valence-electron chi connectivity index (χ0n) is 22.8. The predicted octanol–water partition coefficient (Wildman–Crippen LogP) is 11.4. The molecule has 0 atom stereocenters. The van der Waals surface area contributed by atoms with E-state index in [9.17, 15) is 0 Å². The maximum Gasteiger partial charge on any atom is 0.0909 e. The van der Waals surface area contributed by atoms with Gasteiger partial charge in [0.25, 0.3) is 0 Å². The van der Waals surface area contributed by atoms with E-state index in [1.807, 2.05) is 6.20 Å². The number of rotatable bonds is 5. The minimum Gasteiger partial charge on any atom is -0.309 e. The average molecular weight is 555 g/mol. The number of hydrogen-bond donors (Lipinski definition) is 0. The summed E-state index contributed by atoms with van der Waals surface area (Å²) in [5.74, 6) is 0. The van der Waals surface area contributed by atoms with E-state index in [0.29, 0.717) is 0 Å². The number of hydrogen-bond acceptors (Lipinski definition) is 3. The first-order valence-corrected chi connectivity index (χ1v) is 15.0. The highest BCUT2D eigenvalue weighted by Gasteiger charge is 2.19. The number of anilines is 3. The Morgan fingerprint density at radius 3 is 1.88 bits per heavy atom. The highest BCUT2D eigenvalue weighted by molar-refractivity contribution is 7.26. The summed E-state index contributed by atoms with van der Waals surface area (Å²) in [7, 11) is 0. The van der Waals surface area contributed by atoms with E-state index >= 15 is 0 Å². The van der Waals surface area contributed by atoms with Crippen molar-refractivity contribution in [3.8, 4) is 22.3 Å². The fraction of sp³-hybridized carbons (Fsp3) is 0. The molecular formula is C39H26N2S. The zero-order chi connectivity index (χ0) is 27.9. The Morgan fingerprint density at radius 2 is 1.10 bits per heavy atom. The minimum atomic E-state index is 1.05. The van der Waals surface area contributed by atoms with Crippen LogP contribution in [0.1, 0.15) is 0 Å². The number of nitrogens with zero attached hydrogens (tertiary/aromatic N) is 2. The minimum absolute atomic E-state index is 1.05. The van der Waals surface area contributed by atoms with Crippen molar-refractivity contribution in [2.24, 2.45) is 0 Å². The van der Waals surface area contributed by atoms with Crippen LogP contribution in [0.15, 0.2) is 158 Å². The van der Waals surface area contributed by atoms with Gasteiger partial charge in [-0.2, -0.15) is 0 Å². The van der Waals surface area contributed by atoms with Crippen LogP contribution in [0.4, 0.5) is 17.1 Å². The van der Waals surface area contributed by atoms with Gasteiger partial charge in [0.15, 0.2) is 0 Å². The van der Waals surface area contributed by atoms with Crippen molar-refractivity contribution in [1.29, 1.82) is 0 Å². The van der Waals surface area contributed by atoms with Gasteiger partial charge in [-0.1, -0.05) is 115 Å². The van der Waals surface area contributed by atoms with E-state index in [-0.39, 0.29) is 0 Å². The Hall–Kier alpha value is -5.25. The number of benzene rings is 6. The van der Waals surface area contributed by atoms with Crippen LogP contribution in [0.5, 0.6) is 0 Å². The highest BCUT2D eigenvalue weighted by Crippen LogP contribution is 2.44. The van der Waals surface area contributed by atoms with E-state index in [2.05, 4.69) is 157 Å². The fourth-order valence-electron chi connectivity index (χ4n) is 5.90. The lowest BCUT2D eigenvalue weighted by atomic mass is 9.98. The number of fused-ring (bicyclic) bond motifs is 4. The van der Waals surface area contributed by atoms with E-state index in [1.165, 1.54) is 47.8 Å². The summed E-state index contributed by atoms with van der Waals surface area (Å²) in [4.78, 5) is 7.18. The van der Waals surface area contributed by atoms with Gasteiger partial charge in [0.1, 0.15) is 0 Å². The first-order chi connectivity index (χ1) is 20.8. The normalized spacial score (nSPS) is 11.3. The Labute approximate surface area is 248 Å². The molecule has 0 aliphatic rings. The molecule has 0 aliphatic carbocycles. The summed E-state index contributed by atoms with van der Waals surface area (Å²) in [6.07, 6.45) is 1.94. The van der Waals surface area contributed by atoms with E-state index in [4.69, 9.17) is 4.98 Å². The lowest BCUT2D eigenvalue weighted by Gasteiger charge is -2.26. The molecule has 42 heavy (non-hydrogen) atoms. The summed E-state index contributed by atoms with van der Waals surface area (Å²) in [6, 6.07) is 54.2. The van der Waals surface area contributed by atoms with Crippen LogP contribution in [0.3, 0.4) is 0 Å². The van der Waals surface area contributed by atoms with Crippen molar-refractivity contribution in [1.82, 2.24) is 4.98 Å². The third-order valence-electron chi connectivity index (χ3n) is 7.94. The molecule has 198 valence electrons. The maximum atomic E-state index is 4.82. The van der Waals surface area contributed by atoms with E-state index in [0.717, 1.165) is 22.6 Å². The van der Waals surface area contributed by atoms with Crippen molar-refractivity contribution in [2.45, 2.75) is 0 Å². The molecule has 2 aromatic heterocycles. The fourth-order valence-corrected chi connectivity index (χ4v) is 7.06. The Balaban J connectivity index is 1.28. The maximum absolute atomic E-state index is 4.82. The Bertz CT molecular complexity index is 2170. The van der Waals surface area contributed by atoms with Crippen LogP contribution in [0.2, 0.25) is 0 Å². The molecule has 8 aromatic rings. The van der Waals surface area contributed by atoms with Gasteiger partial charge in [0, 0.05) is 27.7 Å². The predicted molar refractivity (Wildman–Crippen MR) is 180 cm³/mol. The van der Waals surface area contributed by atoms with Gasteiger partial charge in [-0.25, -0.2) is 0 Å². The van der Waals surface area contributed by atoms with Crippen molar-refractivity contribution >= 4 is 59.5 Å². The second-order valence-electron chi connectivity index (χ2n) is 10.4. The molecule has 6 aromatic carbocycles. The van der Waals surface area contributed by atoms with Crippen LogP contribution in [0.25, 0.3) is 53.3 Å². The van der Waals surface area contributed by atoms with Crippen LogP contribution in [0, 0.1) is 0 Å². The lowest BCUT2D eigenvalue weighted by molar-refractivity contribution is 1.29. The van der Waals surface area contributed by atoms with Gasteiger partial charge in [-0.05, 0) is 69.4 Å². The summed E-state index contributed by atoms with van der Waals surface area (Å²) in [6.45, 7) is 0. The highest BCUT2D eigenvalue weighted by atomic mass is 32.1. The molecule has 0 unspecified atom stereocenters. The average Bonchev–Trinajstić information content (AvgIpc) is 3.45. The largest absolute Gasteiger partial charge is 0.309 e. The molecule has 0 bridgehead atoms. The van der Waals surface area contributed by atoms with Crippen LogP contribution < -0.4 is 4.90 Å². The molecule has 0 spiro atoms. The number of pyridine rings is 1. The summed E-state index contributed by atoms with van der Waals surface area (Å²) in [5.41, 5.74) is 9.26. The third-order valence-corrected chi connectivity index (χ3v) is 9.12. The van der Waals surface area contributed by atoms with Crippen molar-refractivity contribution in [3.05, 3.63) is 158 Å². The van der Waals surface area contributed by atoms with Crippen LogP contribution in [-0.2, 0) is 0 Å². The van der Waals surface area contributed by atoms with E-state index < -0.39 is 0 Å². The van der Waals surface area contributed by atoms with Gasteiger partial charge in [-0.3, -0.25) is 4.98 Å².